The van der Waals surface area contributed by atoms with Gasteiger partial charge in [0.2, 0.25) is 0 Å². The molecule has 1 rings (SSSR count). The molecule has 3 nitrogen and oxygen atoms in total. The monoisotopic (exact) mass is 190 g/mol. The van der Waals surface area contributed by atoms with Crippen LogP contribution in [0, 0.1) is 4.91 Å². The van der Waals surface area contributed by atoms with E-state index < -0.39 is 0 Å². The SMILES string of the molecule is CCC(N=O)C(C)=Cc1ccncc1. The Morgan fingerprint density at radius 2 is 2.21 bits per heavy atom. The van der Waals surface area contributed by atoms with Crippen LogP contribution < -0.4 is 0 Å². The van der Waals surface area contributed by atoms with E-state index in [0.29, 0.717) is 0 Å². The first-order valence-corrected chi connectivity index (χ1v) is 4.68. The minimum absolute atomic E-state index is 0.205. The van der Waals surface area contributed by atoms with Gasteiger partial charge in [-0.1, -0.05) is 18.2 Å². The fourth-order valence-electron chi connectivity index (χ4n) is 1.30. The van der Waals surface area contributed by atoms with Gasteiger partial charge in [0.15, 0.2) is 0 Å². The molecule has 0 N–H and O–H groups in total. The first-order valence-electron chi connectivity index (χ1n) is 4.68. The number of aromatic nitrogens is 1. The van der Waals surface area contributed by atoms with Crippen LogP contribution in [-0.2, 0) is 0 Å². The first kappa shape index (κ1) is 10.6. The smallest absolute Gasteiger partial charge is 0.113 e. The molecule has 0 aromatic carbocycles. The van der Waals surface area contributed by atoms with Crippen molar-refractivity contribution in [2.45, 2.75) is 26.3 Å². The summed E-state index contributed by atoms with van der Waals surface area (Å²) in [6.07, 6.45) is 6.18. The van der Waals surface area contributed by atoms with Gasteiger partial charge in [0.1, 0.15) is 6.04 Å². The molecule has 0 fully saturated rings. The maximum Gasteiger partial charge on any atom is 0.113 e. The molecule has 1 aromatic rings. The predicted molar refractivity (Wildman–Crippen MR) is 57.8 cm³/mol. The van der Waals surface area contributed by atoms with Crippen LogP contribution in [-0.4, -0.2) is 11.0 Å². The van der Waals surface area contributed by atoms with E-state index in [1.807, 2.05) is 32.1 Å². The first-order chi connectivity index (χ1) is 6.77. The fraction of sp³-hybridized carbons (Fsp3) is 0.364. The standard InChI is InChI=1S/C11H14N2O/c1-3-11(13-14)9(2)8-10-4-6-12-7-5-10/h4-8,11H,3H2,1-2H3. The summed E-state index contributed by atoms with van der Waals surface area (Å²) in [6.45, 7) is 3.88. The molecule has 0 saturated carbocycles. The van der Waals surface area contributed by atoms with Gasteiger partial charge in [-0.3, -0.25) is 4.98 Å². The van der Waals surface area contributed by atoms with Gasteiger partial charge >= 0.3 is 0 Å². The molecule has 0 radical (unpaired) electrons. The van der Waals surface area contributed by atoms with E-state index in [1.165, 1.54) is 0 Å². The van der Waals surface area contributed by atoms with E-state index in [0.717, 1.165) is 17.6 Å². The third kappa shape index (κ3) is 2.76. The highest BCUT2D eigenvalue weighted by Crippen LogP contribution is 2.13. The molecule has 74 valence electrons. The number of rotatable bonds is 4. The summed E-state index contributed by atoms with van der Waals surface area (Å²) in [7, 11) is 0. The molecule has 1 atom stereocenters. The van der Waals surface area contributed by atoms with Crippen molar-refractivity contribution in [3.8, 4) is 0 Å². The highest BCUT2D eigenvalue weighted by molar-refractivity contribution is 5.52. The quantitative estimate of drug-likeness (QED) is 0.685. The molecule has 0 amide bonds. The van der Waals surface area contributed by atoms with Crippen LogP contribution in [0.4, 0.5) is 0 Å². The Balaban J connectivity index is 2.82. The van der Waals surface area contributed by atoms with Crippen molar-refractivity contribution in [1.29, 1.82) is 0 Å². The van der Waals surface area contributed by atoms with E-state index in [9.17, 15) is 4.91 Å². The van der Waals surface area contributed by atoms with Crippen molar-refractivity contribution in [2.24, 2.45) is 5.18 Å². The number of nitroso groups, excluding NO2 is 1. The van der Waals surface area contributed by atoms with Crippen LogP contribution >= 0.6 is 0 Å². The lowest BCUT2D eigenvalue weighted by atomic mass is 10.0. The van der Waals surface area contributed by atoms with Crippen molar-refractivity contribution < 1.29 is 0 Å². The maximum absolute atomic E-state index is 10.5. The van der Waals surface area contributed by atoms with Gasteiger partial charge < -0.3 is 0 Å². The lowest BCUT2D eigenvalue weighted by Gasteiger charge is -2.05. The molecule has 3 heteroatoms. The summed E-state index contributed by atoms with van der Waals surface area (Å²) in [4.78, 5) is 14.4. The van der Waals surface area contributed by atoms with Crippen LogP contribution in [0.25, 0.3) is 6.08 Å². The summed E-state index contributed by atoms with van der Waals surface area (Å²) in [5.41, 5.74) is 2.05. The second-order valence-corrected chi connectivity index (χ2v) is 3.20. The molecule has 1 unspecified atom stereocenters. The zero-order valence-electron chi connectivity index (χ0n) is 8.47. The number of hydrogen-bond donors (Lipinski definition) is 0. The molecule has 0 saturated heterocycles. The molecule has 0 aliphatic carbocycles. The normalized spacial score (nSPS) is 13.7. The van der Waals surface area contributed by atoms with Crippen molar-refractivity contribution in [2.75, 3.05) is 0 Å². The van der Waals surface area contributed by atoms with Crippen molar-refractivity contribution in [3.05, 3.63) is 40.6 Å². The number of pyridine rings is 1. The van der Waals surface area contributed by atoms with Crippen molar-refractivity contribution >= 4 is 6.08 Å². The molecular formula is C11H14N2O. The second-order valence-electron chi connectivity index (χ2n) is 3.20. The van der Waals surface area contributed by atoms with Crippen LogP contribution in [0.5, 0.6) is 0 Å². The Morgan fingerprint density at radius 3 is 2.71 bits per heavy atom. The van der Waals surface area contributed by atoms with E-state index in [2.05, 4.69) is 10.2 Å². The van der Waals surface area contributed by atoms with Crippen LogP contribution in [0.3, 0.4) is 0 Å². The summed E-state index contributed by atoms with van der Waals surface area (Å²) in [5, 5.41) is 3.07. The summed E-state index contributed by atoms with van der Waals surface area (Å²) >= 11 is 0. The van der Waals surface area contributed by atoms with Gasteiger partial charge in [-0.25, -0.2) is 0 Å². The number of hydrogen-bond acceptors (Lipinski definition) is 3. The van der Waals surface area contributed by atoms with E-state index in [4.69, 9.17) is 0 Å². The zero-order valence-corrected chi connectivity index (χ0v) is 8.47. The summed E-state index contributed by atoms with van der Waals surface area (Å²) < 4.78 is 0. The zero-order chi connectivity index (χ0) is 10.4. The topological polar surface area (TPSA) is 42.3 Å². The second kappa shape index (κ2) is 5.27. The van der Waals surface area contributed by atoms with E-state index in [1.54, 1.807) is 12.4 Å². The fourth-order valence-corrected chi connectivity index (χ4v) is 1.30. The van der Waals surface area contributed by atoms with Crippen LogP contribution in [0.1, 0.15) is 25.8 Å². The Labute approximate surface area is 83.8 Å². The van der Waals surface area contributed by atoms with Gasteiger partial charge in [0, 0.05) is 12.4 Å². The average molecular weight is 190 g/mol. The minimum atomic E-state index is -0.205. The largest absolute Gasteiger partial charge is 0.265 e. The van der Waals surface area contributed by atoms with E-state index in [-0.39, 0.29) is 6.04 Å². The molecular weight excluding hydrogens is 176 g/mol. The number of nitrogens with zero attached hydrogens (tertiary/aromatic N) is 2. The van der Waals surface area contributed by atoms with Gasteiger partial charge in [0.05, 0.1) is 0 Å². The third-order valence-electron chi connectivity index (χ3n) is 2.14. The van der Waals surface area contributed by atoms with Crippen LogP contribution in [0.2, 0.25) is 0 Å². The Hall–Kier alpha value is -1.51. The highest BCUT2D eigenvalue weighted by Gasteiger charge is 2.07. The Kier molecular flexibility index (Phi) is 3.98. The predicted octanol–water partition coefficient (Wildman–Crippen LogP) is 3.03. The molecule has 0 aliphatic heterocycles. The highest BCUT2D eigenvalue weighted by atomic mass is 16.3. The van der Waals surface area contributed by atoms with Crippen molar-refractivity contribution in [1.82, 2.24) is 4.98 Å². The molecule has 1 heterocycles. The molecule has 0 aliphatic rings. The molecule has 0 spiro atoms. The van der Waals surface area contributed by atoms with Crippen LogP contribution in [0.15, 0.2) is 35.3 Å². The average Bonchev–Trinajstić information content (AvgIpc) is 2.21. The van der Waals surface area contributed by atoms with Gasteiger partial charge in [-0.15, -0.1) is 0 Å². The van der Waals surface area contributed by atoms with E-state index >= 15 is 0 Å². The molecule has 1 aromatic heterocycles. The molecule has 0 bridgehead atoms. The minimum Gasteiger partial charge on any atom is -0.265 e. The third-order valence-corrected chi connectivity index (χ3v) is 2.14. The molecule has 14 heavy (non-hydrogen) atoms. The lowest BCUT2D eigenvalue weighted by molar-refractivity contribution is 0.740. The van der Waals surface area contributed by atoms with Crippen molar-refractivity contribution in [3.63, 3.8) is 0 Å². The van der Waals surface area contributed by atoms with Gasteiger partial charge in [0.25, 0.3) is 0 Å². The lowest BCUT2D eigenvalue weighted by Crippen LogP contribution is -2.02. The Bertz CT molecular complexity index is 319. The maximum atomic E-state index is 10.5. The van der Waals surface area contributed by atoms with Gasteiger partial charge in [-0.05, 0) is 36.6 Å². The van der Waals surface area contributed by atoms with Gasteiger partial charge in [-0.2, -0.15) is 4.91 Å². The summed E-state index contributed by atoms with van der Waals surface area (Å²) in [6, 6.07) is 3.60. The Morgan fingerprint density at radius 1 is 1.57 bits per heavy atom. The summed E-state index contributed by atoms with van der Waals surface area (Å²) in [5.74, 6) is 0.